The van der Waals surface area contributed by atoms with Crippen LogP contribution >= 0.6 is 11.6 Å². The molecule has 0 radical (unpaired) electrons. The van der Waals surface area contributed by atoms with Crippen LogP contribution in [0.15, 0.2) is 75.9 Å². The second kappa shape index (κ2) is 9.70. The zero-order chi connectivity index (χ0) is 25.4. The number of fused-ring (bicyclic) bond motifs is 2. The second-order valence-electron chi connectivity index (χ2n) is 9.17. The summed E-state index contributed by atoms with van der Waals surface area (Å²) in [6, 6.07) is 18.8. The van der Waals surface area contributed by atoms with Crippen LogP contribution in [0.25, 0.3) is 11.0 Å². The van der Waals surface area contributed by atoms with Gasteiger partial charge in [-0.15, -0.1) is 0 Å². The number of carbonyl (C=O) groups is 1. The van der Waals surface area contributed by atoms with Crippen LogP contribution in [0.5, 0.6) is 11.5 Å². The van der Waals surface area contributed by atoms with E-state index in [-0.39, 0.29) is 22.7 Å². The van der Waals surface area contributed by atoms with Gasteiger partial charge < -0.3 is 13.9 Å². The Bertz CT molecular complexity index is 1500. The average Bonchev–Trinajstić information content (AvgIpc) is 3.17. The lowest BCUT2D eigenvalue weighted by atomic mass is 9.97. The second-order valence-corrected chi connectivity index (χ2v) is 9.61. The Morgan fingerprint density at radius 3 is 2.50 bits per heavy atom. The summed E-state index contributed by atoms with van der Waals surface area (Å²) in [6.07, 6.45) is 0.911. The SMILES string of the molecule is COc1cc(C2c3c(oc4ccc(Cl)cc4c3=O)C(=O)N2c2ccccc2)ccc1OCCC(C)C. The first-order chi connectivity index (χ1) is 17.4. The number of halogens is 1. The number of amides is 1. The van der Waals surface area contributed by atoms with Gasteiger partial charge in [0, 0.05) is 10.7 Å². The Hall–Kier alpha value is -3.77. The molecule has 184 valence electrons. The van der Waals surface area contributed by atoms with E-state index in [1.165, 1.54) is 0 Å². The molecule has 0 aliphatic carbocycles. The smallest absolute Gasteiger partial charge is 0.295 e. The molecular weight excluding hydrogens is 478 g/mol. The maximum Gasteiger partial charge on any atom is 0.295 e. The van der Waals surface area contributed by atoms with Crippen molar-refractivity contribution in [3.05, 3.63) is 98.9 Å². The lowest BCUT2D eigenvalue weighted by Gasteiger charge is -2.26. The van der Waals surface area contributed by atoms with E-state index < -0.39 is 6.04 Å². The highest BCUT2D eigenvalue weighted by Crippen LogP contribution is 2.43. The lowest BCUT2D eigenvalue weighted by Crippen LogP contribution is -2.29. The third kappa shape index (κ3) is 4.22. The van der Waals surface area contributed by atoms with E-state index >= 15 is 0 Å². The number of rotatable bonds is 7. The molecule has 1 aromatic heterocycles. The Morgan fingerprint density at radius 2 is 1.78 bits per heavy atom. The summed E-state index contributed by atoms with van der Waals surface area (Å²) in [7, 11) is 1.57. The van der Waals surface area contributed by atoms with E-state index in [0.717, 1.165) is 6.42 Å². The van der Waals surface area contributed by atoms with Gasteiger partial charge in [0.15, 0.2) is 16.9 Å². The number of nitrogens with zero attached hydrogens (tertiary/aromatic N) is 1. The Kier molecular flexibility index (Phi) is 6.46. The normalized spacial score (nSPS) is 15.0. The summed E-state index contributed by atoms with van der Waals surface area (Å²) in [4.78, 5) is 29.0. The minimum absolute atomic E-state index is 0.0277. The molecule has 1 aliphatic rings. The number of anilines is 1. The van der Waals surface area contributed by atoms with E-state index in [1.807, 2.05) is 48.5 Å². The molecule has 1 aliphatic heterocycles. The van der Waals surface area contributed by atoms with Crippen LogP contribution in [-0.2, 0) is 0 Å². The molecule has 2 heterocycles. The molecule has 0 N–H and O–H groups in total. The first-order valence-electron chi connectivity index (χ1n) is 11.8. The molecule has 5 rings (SSSR count). The Balaban J connectivity index is 1.68. The first-order valence-corrected chi connectivity index (χ1v) is 12.2. The van der Waals surface area contributed by atoms with Crippen LogP contribution in [0, 0.1) is 5.92 Å². The van der Waals surface area contributed by atoms with Crippen LogP contribution in [0.2, 0.25) is 5.02 Å². The summed E-state index contributed by atoms with van der Waals surface area (Å²) in [6.45, 7) is 4.84. The fraction of sp³-hybridized carbons (Fsp3) is 0.241. The summed E-state index contributed by atoms with van der Waals surface area (Å²) in [5.41, 5.74) is 1.65. The number of carbonyl (C=O) groups excluding carboxylic acids is 1. The maximum atomic E-state index is 13.8. The molecule has 0 spiro atoms. The first kappa shape index (κ1) is 23.9. The van der Waals surface area contributed by atoms with Crippen LogP contribution in [0.3, 0.4) is 0 Å². The van der Waals surface area contributed by atoms with Crippen molar-refractivity contribution in [2.45, 2.75) is 26.3 Å². The molecule has 1 amide bonds. The molecule has 7 heteroatoms. The van der Waals surface area contributed by atoms with Gasteiger partial charge in [0.1, 0.15) is 5.58 Å². The number of benzene rings is 3. The van der Waals surface area contributed by atoms with Crippen molar-refractivity contribution in [1.29, 1.82) is 0 Å². The monoisotopic (exact) mass is 503 g/mol. The predicted molar refractivity (Wildman–Crippen MR) is 141 cm³/mol. The summed E-state index contributed by atoms with van der Waals surface area (Å²) in [5.74, 6) is 1.29. The minimum Gasteiger partial charge on any atom is -0.493 e. The molecule has 36 heavy (non-hydrogen) atoms. The van der Waals surface area contributed by atoms with Gasteiger partial charge in [0.05, 0.1) is 30.7 Å². The van der Waals surface area contributed by atoms with E-state index in [1.54, 1.807) is 30.2 Å². The number of hydrogen-bond donors (Lipinski definition) is 0. The van der Waals surface area contributed by atoms with E-state index in [2.05, 4.69) is 13.8 Å². The third-order valence-electron chi connectivity index (χ3n) is 6.32. The largest absolute Gasteiger partial charge is 0.493 e. The van der Waals surface area contributed by atoms with Gasteiger partial charge in [-0.2, -0.15) is 0 Å². The van der Waals surface area contributed by atoms with Crippen LogP contribution in [0.1, 0.15) is 48.0 Å². The maximum absolute atomic E-state index is 13.8. The highest BCUT2D eigenvalue weighted by Gasteiger charge is 2.43. The summed E-state index contributed by atoms with van der Waals surface area (Å²) < 4.78 is 17.6. The molecule has 0 saturated carbocycles. The number of hydrogen-bond acceptors (Lipinski definition) is 5. The van der Waals surface area contributed by atoms with Crippen molar-refractivity contribution in [2.75, 3.05) is 18.6 Å². The molecule has 1 atom stereocenters. The fourth-order valence-corrected chi connectivity index (χ4v) is 4.67. The van der Waals surface area contributed by atoms with Gasteiger partial charge in [-0.3, -0.25) is 14.5 Å². The van der Waals surface area contributed by atoms with Crippen molar-refractivity contribution in [1.82, 2.24) is 0 Å². The van der Waals surface area contributed by atoms with Gasteiger partial charge >= 0.3 is 0 Å². The van der Waals surface area contributed by atoms with Crippen molar-refractivity contribution in [3.8, 4) is 11.5 Å². The average molecular weight is 504 g/mol. The number of methoxy groups -OCH3 is 1. The Labute approximate surface area is 214 Å². The fourth-order valence-electron chi connectivity index (χ4n) is 4.49. The standard InChI is InChI=1S/C29H26ClNO5/c1-17(2)13-14-35-23-11-9-18(15-24(23)34-3)26-25-27(32)21-16-19(30)10-12-22(21)36-28(25)29(33)31(26)20-7-5-4-6-8-20/h4-12,15-17,26H,13-14H2,1-3H3. The zero-order valence-electron chi connectivity index (χ0n) is 20.3. The third-order valence-corrected chi connectivity index (χ3v) is 6.56. The van der Waals surface area contributed by atoms with Crippen LogP contribution < -0.4 is 19.8 Å². The molecule has 6 nitrogen and oxygen atoms in total. The topological polar surface area (TPSA) is 69.0 Å². The molecule has 0 saturated heterocycles. The molecule has 0 fully saturated rings. The quantitative estimate of drug-likeness (QED) is 0.283. The zero-order valence-corrected chi connectivity index (χ0v) is 21.0. The summed E-state index contributed by atoms with van der Waals surface area (Å²) in [5, 5.41) is 0.745. The van der Waals surface area contributed by atoms with Gasteiger partial charge in [0.2, 0.25) is 5.76 Å². The van der Waals surface area contributed by atoms with E-state index in [0.29, 0.717) is 51.3 Å². The minimum atomic E-state index is -0.715. The van der Waals surface area contributed by atoms with Crippen molar-refractivity contribution >= 4 is 34.2 Å². The van der Waals surface area contributed by atoms with E-state index in [4.69, 9.17) is 25.5 Å². The highest BCUT2D eigenvalue weighted by molar-refractivity contribution is 6.31. The predicted octanol–water partition coefficient (Wildman–Crippen LogP) is 6.63. The molecular formula is C29H26ClNO5. The van der Waals surface area contributed by atoms with Crippen molar-refractivity contribution in [3.63, 3.8) is 0 Å². The van der Waals surface area contributed by atoms with Crippen LogP contribution in [-0.4, -0.2) is 19.6 Å². The molecule has 1 unspecified atom stereocenters. The van der Waals surface area contributed by atoms with Gasteiger partial charge in [-0.05, 0) is 60.4 Å². The highest BCUT2D eigenvalue weighted by atomic mass is 35.5. The number of ether oxygens (including phenoxy) is 2. The van der Waals surface area contributed by atoms with E-state index in [9.17, 15) is 9.59 Å². The van der Waals surface area contributed by atoms with Crippen LogP contribution in [0.4, 0.5) is 5.69 Å². The van der Waals surface area contributed by atoms with Gasteiger partial charge in [-0.25, -0.2) is 0 Å². The number of para-hydroxylation sites is 1. The van der Waals surface area contributed by atoms with Gasteiger partial charge in [-0.1, -0.05) is 49.7 Å². The molecule has 3 aromatic carbocycles. The van der Waals surface area contributed by atoms with Crippen molar-refractivity contribution < 1.29 is 18.7 Å². The van der Waals surface area contributed by atoms with Crippen molar-refractivity contribution in [2.24, 2.45) is 5.92 Å². The summed E-state index contributed by atoms with van der Waals surface area (Å²) >= 11 is 6.18. The lowest BCUT2D eigenvalue weighted by molar-refractivity contribution is 0.0971. The molecule has 4 aromatic rings. The van der Waals surface area contributed by atoms with Gasteiger partial charge in [0.25, 0.3) is 5.91 Å². The Morgan fingerprint density at radius 1 is 1.00 bits per heavy atom. The molecule has 0 bridgehead atoms.